The molecular weight excluding hydrogens is 405 g/mol. The number of halogens is 1. The zero-order chi connectivity index (χ0) is 21.2. The summed E-state index contributed by atoms with van der Waals surface area (Å²) >= 11 is 1.43. The van der Waals surface area contributed by atoms with Gasteiger partial charge in [-0.05, 0) is 35.9 Å². The van der Waals surface area contributed by atoms with E-state index in [0.29, 0.717) is 35.4 Å². The zero-order valence-corrected chi connectivity index (χ0v) is 17.3. The Hall–Kier alpha value is -2.97. The van der Waals surface area contributed by atoms with Crippen molar-refractivity contribution in [3.8, 4) is 5.88 Å². The molecule has 0 bridgehead atoms. The van der Waals surface area contributed by atoms with Crippen molar-refractivity contribution in [2.24, 2.45) is 0 Å². The summed E-state index contributed by atoms with van der Waals surface area (Å²) in [6, 6.07) is 13.4. The lowest BCUT2D eigenvalue weighted by atomic mass is 10.2. The molecule has 30 heavy (non-hydrogen) atoms. The number of carbonyl (C=O) groups excluding carboxylic acids is 1. The number of hydrogen-bond donors (Lipinski definition) is 1. The highest BCUT2D eigenvalue weighted by molar-refractivity contribution is 7.98. The topological polar surface area (TPSA) is 73.3 Å². The fourth-order valence-electron chi connectivity index (χ4n) is 2.59. The Balaban J connectivity index is 1.63. The van der Waals surface area contributed by atoms with Crippen molar-refractivity contribution in [1.29, 1.82) is 0 Å². The summed E-state index contributed by atoms with van der Waals surface area (Å²) in [6.45, 7) is 1.10. The molecule has 156 valence electrons. The van der Waals surface area contributed by atoms with E-state index >= 15 is 0 Å². The molecule has 0 saturated heterocycles. The van der Waals surface area contributed by atoms with Gasteiger partial charge < -0.3 is 14.8 Å². The average molecular weight is 428 g/mol. The van der Waals surface area contributed by atoms with Crippen molar-refractivity contribution in [1.82, 2.24) is 15.3 Å². The molecule has 0 saturated carbocycles. The van der Waals surface area contributed by atoms with Gasteiger partial charge in [0.2, 0.25) is 5.88 Å². The second-order valence-corrected chi connectivity index (χ2v) is 7.23. The number of thioether (sulfide) groups is 1. The van der Waals surface area contributed by atoms with Crippen LogP contribution >= 0.6 is 11.8 Å². The number of benzene rings is 1. The second kappa shape index (κ2) is 11.3. The van der Waals surface area contributed by atoms with Gasteiger partial charge in [0.1, 0.15) is 17.5 Å². The predicted octanol–water partition coefficient (Wildman–Crippen LogP) is 3.86. The highest BCUT2D eigenvalue weighted by Gasteiger charge is 2.14. The Morgan fingerprint density at radius 1 is 1.07 bits per heavy atom. The molecule has 1 N–H and O–H groups in total. The molecular formula is C22H22FN3O3S. The van der Waals surface area contributed by atoms with E-state index in [1.807, 2.05) is 6.07 Å². The first-order valence-corrected chi connectivity index (χ1v) is 10.3. The third-order valence-corrected chi connectivity index (χ3v) is 5.20. The Labute approximate surface area is 178 Å². The molecule has 3 aromatic rings. The number of methoxy groups -OCH3 is 1. The fourth-order valence-corrected chi connectivity index (χ4v) is 3.54. The van der Waals surface area contributed by atoms with E-state index in [0.717, 1.165) is 11.1 Å². The molecule has 6 nitrogen and oxygen atoms in total. The van der Waals surface area contributed by atoms with Crippen LogP contribution in [0.15, 0.2) is 66.0 Å². The predicted molar refractivity (Wildman–Crippen MR) is 113 cm³/mol. The quantitative estimate of drug-likeness (QED) is 0.391. The maximum Gasteiger partial charge on any atom is 0.254 e. The molecule has 0 aliphatic heterocycles. The van der Waals surface area contributed by atoms with Crippen LogP contribution in [0.25, 0.3) is 0 Å². The highest BCUT2D eigenvalue weighted by Crippen LogP contribution is 2.24. The first kappa shape index (κ1) is 21.7. The summed E-state index contributed by atoms with van der Waals surface area (Å²) in [5, 5.41) is 3.51. The standard InChI is InChI=1S/C22H22FN3O3S/c1-28-12-13-29-21-17(4-2-10-24-21)14-26-20(27)19-5-3-11-25-22(19)30-15-16-6-8-18(23)9-7-16/h2-11H,12-15H2,1H3,(H,26,27). The number of pyridine rings is 2. The third kappa shape index (κ3) is 6.27. The SMILES string of the molecule is COCCOc1ncccc1CNC(=O)c1cccnc1SCc1ccc(F)cc1. The van der Waals surface area contributed by atoms with Gasteiger partial charge in [-0.1, -0.05) is 18.2 Å². The normalized spacial score (nSPS) is 10.6. The number of nitrogens with one attached hydrogen (secondary N) is 1. The monoisotopic (exact) mass is 427 g/mol. The maximum absolute atomic E-state index is 13.1. The number of ether oxygens (including phenoxy) is 2. The first-order valence-electron chi connectivity index (χ1n) is 9.33. The molecule has 8 heteroatoms. The van der Waals surface area contributed by atoms with Crippen molar-refractivity contribution >= 4 is 17.7 Å². The van der Waals surface area contributed by atoms with Gasteiger partial charge in [0.15, 0.2) is 0 Å². The molecule has 0 aliphatic carbocycles. The van der Waals surface area contributed by atoms with Crippen LogP contribution in [0.5, 0.6) is 5.88 Å². The van der Waals surface area contributed by atoms with Gasteiger partial charge in [0.25, 0.3) is 5.91 Å². The van der Waals surface area contributed by atoms with E-state index < -0.39 is 0 Å². The zero-order valence-electron chi connectivity index (χ0n) is 16.5. The van der Waals surface area contributed by atoms with E-state index in [-0.39, 0.29) is 18.3 Å². The Morgan fingerprint density at radius 3 is 2.63 bits per heavy atom. The van der Waals surface area contributed by atoms with Gasteiger partial charge in [-0.3, -0.25) is 4.79 Å². The molecule has 0 aliphatic rings. The lowest BCUT2D eigenvalue weighted by Gasteiger charge is -2.12. The van der Waals surface area contributed by atoms with Crippen LogP contribution in [0, 0.1) is 5.82 Å². The summed E-state index contributed by atoms with van der Waals surface area (Å²) in [6.07, 6.45) is 3.28. The molecule has 0 spiro atoms. The molecule has 2 aromatic heterocycles. The van der Waals surface area contributed by atoms with Gasteiger partial charge in [-0.25, -0.2) is 14.4 Å². The molecule has 0 unspecified atom stereocenters. The number of carbonyl (C=O) groups is 1. The molecule has 1 amide bonds. The van der Waals surface area contributed by atoms with Crippen LogP contribution in [-0.4, -0.2) is 36.2 Å². The van der Waals surface area contributed by atoms with Crippen molar-refractivity contribution in [2.75, 3.05) is 20.3 Å². The molecule has 0 radical (unpaired) electrons. The average Bonchev–Trinajstić information content (AvgIpc) is 2.78. The number of amides is 1. The van der Waals surface area contributed by atoms with Crippen LogP contribution in [0.4, 0.5) is 4.39 Å². The van der Waals surface area contributed by atoms with E-state index in [4.69, 9.17) is 9.47 Å². The van der Waals surface area contributed by atoms with E-state index in [1.165, 1.54) is 23.9 Å². The van der Waals surface area contributed by atoms with Crippen LogP contribution < -0.4 is 10.1 Å². The first-order chi connectivity index (χ1) is 14.7. The van der Waals surface area contributed by atoms with Crippen LogP contribution in [0.3, 0.4) is 0 Å². The minimum atomic E-state index is -0.275. The van der Waals surface area contributed by atoms with Crippen molar-refractivity contribution in [3.05, 3.63) is 83.4 Å². The fraction of sp³-hybridized carbons (Fsp3) is 0.227. The minimum Gasteiger partial charge on any atom is -0.475 e. The Kier molecular flexibility index (Phi) is 8.17. The lowest BCUT2D eigenvalue weighted by Crippen LogP contribution is -2.24. The van der Waals surface area contributed by atoms with Gasteiger partial charge in [0.05, 0.1) is 12.2 Å². The van der Waals surface area contributed by atoms with Crippen LogP contribution in [-0.2, 0) is 17.0 Å². The summed E-state index contributed by atoms with van der Waals surface area (Å²) in [5.74, 6) is 0.531. The van der Waals surface area contributed by atoms with Crippen molar-refractivity contribution < 1.29 is 18.7 Å². The van der Waals surface area contributed by atoms with Gasteiger partial charge in [-0.15, -0.1) is 11.8 Å². The third-order valence-electron chi connectivity index (χ3n) is 4.12. The smallest absolute Gasteiger partial charge is 0.254 e. The summed E-state index contributed by atoms with van der Waals surface area (Å²) in [7, 11) is 1.60. The van der Waals surface area contributed by atoms with Gasteiger partial charge in [-0.2, -0.15) is 0 Å². The molecule has 0 atom stereocenters. The molecule has 2 heterocycles. The second-order valence-electron chi connectivity index (χ2n) is 6.26. The maximum atomic E-state index is 13.1. The summed E-state index contributed by atoms with van der Waals surface area (Å²) < 4.78 is 23.7. The summed E-state index contributed by atoms with van der Waals surface area (Å²) in [4.78, 5) is 21.3. The van der Waals surface area contributed by atoms with E-state index in [9.17, 15) is 9.18 Å². The number of hydrogen-bond acceptors (Lipinski definition) is 6. The lowest BCUT2D eigenvalue weighted by molar-refractivity contribution is 0.0946. The van der Waals surface area contributed by atoms with E-state index in [2.05, 4.69) is 15.3 Å². The van der Waals surface area contributed by atoms with Crippen molar-refractivity contribution in [2.45, 2.75) is 17.3 Å². The number of nitrogens with zero attached hydrogens (tertiary/aromatic N) is 2. The van der Waals surface area contributed by atoms with Gasteiger partial charge in [0, 0.05) is 37.4 Å². The molecule has 0 fully saturated rings. The van der Waals surface area contributed by atoms with Crippen LogP contribution in [0.1, 0.15) is 21.5 Å². The largest absolute Gasteiger partial charge is 0.475 e. The Bertz CT molecular complexity index is 970. The van der Waals surface area contributed by atoms with Crippen molar-refractivity contribution in [3.63, 3.8) is 0 Å². The molecule has 1 aromatic carbocycles. The van der Waals surface area contributed by atoms with Crippen LogP contribution in [0.2, 0.25) is 0 Å². The number of rotatable bonds is 10. The highest BCUT2D eigenvalue weighted by atomic mass is 32.2. The minimum absolute atomic E-state index is 0.239. The molecule has 3 rings (SSSR count). The Morgan fingerprint density at radius 2 is 1.83 bits per heavy atom. The van der Waals surface area contributed by atoms with E-state index in [1.54, 1.807) is 49.8 Å². The summed E-state index contributed by atoms with van der Waals surface area (Å²) in [5.41, 5.74) is 2.20. The number of aromatic nitrogens is 2. The van der Waals surface area contributed by atoms with Gasteiger partial charge >= 0.3 is 0 Å².